The fourth-order valence-corrected chi connectivity index (χ4v) is 4.34. The summed E-state index contributed by atoms with van der Waals surface area (Å²) < 4.78 is 20.9. The van der Waals surface area contributed by atoms with Crippen molar-refractivity contribution in [2.75, 3.05) is 37.2 Å². The third-order valence-electron chi connectivity index (χ3n) is 6.42. The number of ether oxygens (including phenoxy) is 1. The summed E-state index contributed by atoms with van der Waals surface area (Å²) in [5, 5.41) is 15.2. The van der Waals surface area contributed by atoms with E-state index < -0.39 is 12.2 Å². The molecule has 2 fully saturated rings. The van der Waals surface area contributed by atoms with Gasteiger partial charge in [-0.2, -0.15) is 0 Å². The Hall–Kier alpha value is -3.56. The van der Waals surface area contributed by atoms with Crippen LogP contribution in [0.2, 0.25) is 0 Å². The fraction of sp³-hybridized carbons (Fsp3) is 0.320. The molecule has 9 heteroatoms. The molecular formula is C25H28FN7O. The smallest absolute Gasteiger partial charge is 0.141 e. The molecule has 3 aromatic rings. The predicted octanol–water partition coefficient (Wildman–Crippen LogP) is 3.06. The minimum absolute atomic E-state index is 0.167. The number of nitrogens with one attached hydrogen (secondary N) is 3. The fourth-order valence-electron chi connectivity index (χ4n) is 4.34. The number of anilines is 2. The van der Waals surface area contributed by atoms with Crippen molar-refractivity contribution in [2.45, 2.75) is 24.7 Å². The lowest BCUT2D eigenvalue weighted by molar-refractivity contribution is 0.0663. The highest BCUT2D eigenvalue weighted by Crippen LogP contribution is 2.27. The van der Waals surface area contributed by atoms with Crippen molar-refractivity contribution < 1.29 is 9.13 Å². The van der Waals surface area contributed by atoms with Gasteiger partial charge >= 0.3 is 0 Å². The van der Waals surface area contributed by atoms with Gasteiger partial charge in [-0.25, -0.2) is 14.4 Å². The summed E-state index contributed by atoms with van der Waals surface area (Å²) in [7, 11) is 0. The molecule has 176 valence electrons. The lowest BCUT2D eigenvalue weighted by atomic mass is 9.98. The number of nitrogens with two attached hydrogens (primary N) is 1. The van der Waals surface area contributed by atoms with Crippen LogP contribution in [0, 0.1) is 5.41 Å². The van der Waals surface area contributed by atoms with Gasteiger partial charge in [0.05, 0.1) is 17.3 Å². The zero-order chi connectivity index (χ0) is 23.5. The molecule has 34 heavy (non-hydrogen) atoms. The molecule has 1 aromatic heterocycles. The molecular weight excluding hydrogens is 433 g/mol. The Morgan fingerprint density at radius 3 is 2.50 bits per heavy atom. The first-order valence-electron chi connectivity index (χ1n) is 11.5. The second-order valence-electron chi connectivity index (χ2n) is 8.66. The number of aromatic nitrogens is 2. The van der Waals surface area contributed by atoms with Crippen molar-refractivity contribution in [2.24, 2.45) is 0 Å². The molecule has 2 aliphatic heterocycles. The van der Waals surface area contributed by atoms with Gasteiger partial charge in [0.15, 0.2) is 0 Å². The van der Waals surface area contributed by atoms with E-state index in [4.69, 9.17) is 15.9 Å². The molecule has 0 bridgehead atoms. The van der Waals surface area contributed by atoms with E-state index >= 15 is 4.39 Å². The van der Waals surface area contributed by atoms with Gasteiger partial charge in [-0.1, -0.05) is 18.2 Å². The van der Waals surface area contributed by atoms with Gasteiger partial charge in [-0.05, 0) is 42.8 Å². The van der Waals surface area contributed by atoms with Crippen LogP contribution in [0.4, 0.5) is 16.0 Å². The summed E-state index contributed by atoms with van der Waals surface area (Å²) in [6.07, 6.45) is 0.954. The Morgan fingerprint density at radius 1 is 1.09 bits per heavy atom. The first kappa shape index (κ1) is 22.2. The second-order valence-corrected chi connectivity index (χ2v) is 8.66. The molecule has 2 aromatic carbocycles. The Bertz CT molecular complexity index is 1140. The van der Waals surface area contributed by atoms with Gasteiger partial charge in [-0.3, -0.25) is 10.3 Å². The average molecular weight is 462 g/mol. The van der Waals surface area contributed by atoms with Crippen LogP contribution in [0.5, 0.6) is 11.5 Å². The van der Waals surface area contributed by atoms with Crippen LogP contribution in [0.1, 0.15) is 17.5 Å². The summed E-state index contributed by atoms with van der Waals surface area (Å²) in [6, 6.07) is 16.7. The lowest BCUT2D eigenvalue weighted by Crippen LogP contribution is -2.61. The first-order chi connectivity index (χ1) is 16.6. The number of alkyl halides is 1. The molecule has 3 heterocycles. The lowest BCUT2D eigenvalue weighted by Gasteiger charge is -2.43. The maximum Gasteiger partial charge on any atom is 0.141 e. The van der Waals surface area contributed by atoms with Gasteiger partial charge in [0.25, 0.3) is 0 Å². The standard InChI is InChI=1S/C25H28FN7O/c26-20-14-33(17-12-29-13-17)11-10-21(20)32-25-22(24(28)30-15-31-25)23(27)16-6-8-19(9-7-16)34-18-4-2-1-3-5-18/h1-9,15,17,20-21,27,29H,10-14H2,(H3,28,30,31,32)/t20-,21+/m0/s1. The van der Waals surface area contributed by atoms with E-state index in [0.29, 0.717) is 41.7 Å². The minimum atomic E-state index is -1.04. The number of halogens is 1. The van der Waals surface area contributed by atoms with Crippen LogP contribution in [0.15, 0.2) is 60.9 Å². The Balaban J connectivity index is 1.30. The van der Waals surface area contributed by atoms with Crippen molar-refractivity contribution in [3.63, 3.8) is 0 Å². The zero-order valence-corrected chi connectivity index (χ0v) is 18.7. The number of nitrogen functional groups attached to an aromatic ring is 1. The van der Waals surface area contributed by atoms with Gasteiger partial charge in [0.1, 0.15) is 35.6 Å². The molecule has 0 spiro atoms. The molecule has 5 N–H and O–H groups in total. The summed E-state index contributed by atoms with van der Waals surface area (Å²) in [5.74, 6) is 1.96. The number of hydrogen-bond donors (Lipinski definition) is 4. The van der Waals surface area contributed by atoms with Gasteiger partial charge in [0.2, 0.25) is 0 Å². The third kappa shape index (κ3) is 4.71. The van der Waals surface area contributed by atoms with E-state index in [-0.39, 0.29) is 11.5 Å². The van der Waals surface area contributed by atoms with Crippen LogP contribution < -0.4 is 21.1 Å². The van der Waals surface area contributed by atoms with Crippen LogP contribution in [0.25, 0.3) is 0 Å². The van der Waals surface area contributed by atoms with Crippen LogP contribution in [0.3, 0.4) is 0 Å². The van der Waals surface area contributed by atoms with Crippen molar-refractivity contribution in [1.29, 1.82) is 5.41 Å². The van der Waals surface area contributed by atoms with E-state index in [0.717, 1.165) is 25.4 Å². The summed E-state index contributed by atoms with van der Waals surface area (Å²) >= 11 is 0. The summed E-state index contributed by atoms with van der Waals surface area (Å²) in [4.78, 5) is 10.6. The van der Waals surface area contributed by atoms with Crippen LogP contribution >= 0.6 is 0 Å². The highest BCUT2D eigenvalue weighted by Gasteiger charge is 2.35. The molecule has 0 unspecified atom stereocenters. The van der Waals surface area contributed by atoms with E-state index in [1.165, 1.54) is 6.33 Å². The van der Waals surface area contributed by atoms with Gasteiger partial charge in [-0.15, -0.1) is 0 Å². The minimum Gasteiger partial charge on any atom is -0.457 e. The van der Waals surface area contributed by atoms with Crippen molar-refractivity contribution >= 4 is 17.3 Å². The molecule has 8 nitrogen and oxygen atoms in total. The van der Waals surface area contributed by atoms with Crippen LogP contribution in [-0.2, 0) is 0 Å². The van der Waals surface area contributed by atoms with Gasteiger partial charge in [0, 0.05) is 37.8 Å². The van der Waals surface area contributed by atoms with Crippen molar-refractivity contribution in [3.05, 3.63) is 72.1 Å². The quantitative estimate of drug-likeness (QED) is 0.400. The molecule has 2 saturated heterocycles. The highest BCUT2D eigenvalue weighted by molar-refractivity contribution is 6.16. The summed E-state index contributed by atoms with van der Waals surface area (Å²) in [5.41, 5.74) is 7.33. The molecule has 5 rings (SSSR count). The number of nitrogens with zero attached hydrogens (tertiary/aromatic N) is 3. The summed E-state index contributed by atoms with van der Waals surface area (Å²) in [6.45, 7) is 3.05. The molecule has 0 amide bonds. The molecule has 0 aliphatic carbocycles. The van der Waals surface area contributed by atoms with E-state index in [1.54, 1.807) is 24.3 Å². The molecule has 0 saturated carbocycles. The normalized spacial score (nSPS) is 21.0. The Morgan fingerprint density at radius 2 is 1.82 bits per heavy atom. The third-order valence-corrected chi connectivity index (χ3v) is 6.42. The maximum atomic E-state index is 15.0. The van der Waals surface area contributed by atoms with Crippen molar-refractivity contribution in [3.8, 4) is 11.5 Å². The molecule has 2 aliphatic rings. The molecule has 2 atom stereocenters. The van der Waals surface area contributed by atoms with E-state index in [2.05, 4.69) is 25.5 Å². The zero-order valence-electron chi connectivity index (χ0n) is 18.7. The Kier molecular flexibility index (Phi) is 6.37. The van der Waals surface area contributed by atoms with Crippen LogP contribution in [-0.4, -0.2) is 65.0 Å². The number of rotatable bonds is 7. The SMILES string of the molecule is N=C(c1ccc(Oc2ccccc2)cc1)c1c(N)ncnc1N[C@@H]1CCN(C2CNC2)C[C@@H]1F. The largest absolute Gasteiger partial charge is 0.457 e. The number of likely N-dealkylation sites (tertiary alicyclic amines) is 1. The number of hydrogen-bond acceptors (Lipinski definition) is 8. The number of piperidine rings is 1. The predicted molar refractivity (Wildman–Crippen MR) is 130 cm³/mol. The van der Waals surface area contributed by atoms with E-state index in [1.807, 2.05) is 30.3 Å². The number of para-hydroxylation sites is 1. The maximum absolute atomic E-state index is 15.0. The first-order valence-corrected chi connectivity index (χ1v) is 11.5. The van der Waals surface area contributed by atoms with Gasteiger partial charge < -0.3 is 21.1 Å². The average Bonchev–Trinajstić information content (AvgIpc) is 2.81. The Labute approximate surface area is 197 Å². The highest BCUT2D eigenvalue weighted by atomic mass is 19.1. The van der Waals surface area contributed by atoms with Crippen molar-refractivity contribution in [1.82, 2.24) is 20.2 Å². The number of benzene rings is 2. The monoisotopic (exact) mass is 461 g/mol. The topological polar surface area (TPSA) is 112 Å². The molecule has 0 radical (unpaired) electrons. The van der Waals surface area contributed by atoms with E-state index in [9.17, 15) is 0 Å². The second kappa shape index (κ2) is 9.74.